The van der Waals surface area contributed by atoms with E-state index in [0.29, 0.717) is 16.6 Å². The molecule has 2 heterocycles. The molecule has 19 heavy (non-hydrogen) atoms. The van der Waals surface area contributed by atoms with Gasteiger partial charge in [0, 0.05) is 11.4 Å². The fourth-order valence-electron chi connectivity index (χ4n) is 1.51. The Morgan fingerprint density at radius 3 is 2.84 bits per heavy atom. The highest BCUT2D eigenvalue weighted by molar-refractivity contribution is 7.91. The van der Waals surface area contributed by atoms with Crippen molar-refractivity contribution in [1.82, 2.24) is 25.2 Å². The van der Waals surface area contributed by atoms with Crippen LogP contribution >= 0.6 is 11.3 Å². The van der Waals surface area contributed by atoms with Crippen molar-refractivity contribution in [3.05, 3.63) is 28.7 Å². The zero-order valence-corrected chi connectivity index (χ0v) is 12.2. The number of aromatic amines is 1. The first-order valence-electron chi connectivity index (χ1n) is 5.61. The van der Waals surface area contributed by atoms with E-state index in [4.69, 9.17) is 0 Å². The highest BCUT2D eigenvalue weighted by atomic mass is 32.2. The topological polar surface area (TPSA) is 99.8 Å². The monoisotopic (exact) mass is 301 g/mol. The largest absolute Gasteiger partial charge is 0.315 e. The predicted molar refractivity (Wildman–Crippen MR) is 72.2 cm³/mol. The predicted octanol–water partition coefficient (Wildman–Crippen LogP) is 0.373. The summed E-state index contributed by atoms with van der Waals surface area (Å²) in [6.07, 6.45) is 1.34. The fourth-order valence-corrected chi connectivity index (χ4v) is 4.14. The molecule has 2 aromatic rings. The molecule has 9 heteroatoms. The van der Waals surface area contributed by atoms with E-state index in [1.807, 2.05) is 14.0 Å². The van der Waals surface area contributed by atoms with Crippen LogP contribution < -0.4 is 10.0 Å². The van der Waals surface area contributed by atoms with Gasteiger partial charge >= 0.3 is 0 Å². The quantitative estimate of drug-likeness (QED) is 0.716. The number of nitrogens with one attached hydrogen (secondary N) is 3. The van der Waals surface area contributed by atoms with Gasteiger partial charge in [0.15, 0.2) is 0 Å². The Kier molecular flexibility index (Phi) is 4.30. The van der Waals surface area contributed by atoms with Gasteiger partial charge in [0.05, 0.1) is 6.54 Å². The molecule has 0 atom stereocenters. The molecule has 0 spiro atoms. The van der Waals surface area contributed by atoms with E-state index in [-0.39, 0.29) is 6.54 Å². The van der Waals surface area contributed by atoms with Gasteiger partial charge in [0.2, 0.25) is 10.0 Å². The minimum atomic E-state index is -3.50. The molecule has 2 aromatic heterocycles. The van der Waals surface area contributed by atoms with Gasteiger partial charge in [0.25, 0.3) is 0 Å². The Morgan fingerprint density at radius 2 is 2.21 bits per heavy atom. The second-order valence-corrected chi connectivity index (χ2v) is 7.09. The Bertz CT molecular complexity index is 633. The third kappa shape index (κ3) is 3.38. The molecule has 0 aliphatic carbocycles. The van der Waals surface area contributed by atoms with Crippen LogP contribution in [-0.2, 0) is 23.1 Å². The second kappa shape index (κ2) is 5.78. The maximum atomic E-state index is 12.1. The normalized spacial score (nSPS) is 11.9. The van der Waals surface area contributed by atoms with Gasteiger partial charge in [-0.05, 0) is 25.6 Å². The minimum Gasteiger partial charge on any atom is -0.315 e. The van der Waals surface area contributed by atoms with Gasteiger partial charge < -0.3 is 5.32 Å². The van der Waals surface area contributed by atoms with Crippen molar-refractivity contribution in [2.24, 2.45) is 0 Å². The van der Waals surface area contributed by atoms with Crippen LogP contribution in [-0.4, -0.2) is 30.6 Å². The molecule has 2 rings (SSSR count). The van der Waals surface area contributed by atoms with Crippen molar-refractivity contribution in [3.8, 4) is 0 Å². The lowest BCUT2D eigenvalue weighted by molar-refractivity contribution is 0.581. The van der Waals surface area contributed by atoms with Gasteiger partial charge in [-0.2, -0.15) is 5.10 Å². The summed E-state index contributed by atoms with van der Waals surface area (Å²) >= 11 is 1.27. The number of rotatable bonds is 6. The summed E-state index contributed by atoms with van der Waals surface area (Å²) in [6, 6.07) is 1.68. The third-order valence-electron chi connectivity index (χ3n) is 2.49. The maximum Gasteiger partial charge on any atom is 0.250 e. The molecule has 0 aliphatic rings. The summed E-state index contributed by atoms with van der Waals surface area (Å²) < 4.78 is 27.0. The molecule has 0 bridgehead atoms. The summed E-state index contributed by atoms with van der Waals surface area (Å²) in [5.74, 6) is 0.479. The first-order valence-corrected chi connectivity index (χ1v) is 7.90. The summed E-state index contributed by atoms with van der Waals surface area (Å²) in [4.78, 5) is 4.88. The molecule has 0 amide bonds. The number of hydrogen-bond acceptors (Lipinski definition) is 6. The smallest absolute Gasteiger partial charge is 0.250 e. The Hall–Kier alpha value is -1.29. The SMILES string of the molecule is CNCc1sc(S(=O)(=O)NCc2ncn[nH]2)cc1C. The van der Waals surface area contributed by atoms with Crippen LogP contribution in [0, 0.1) is 6.92 Å². The number of nitrogens with zero attached hydrogens (tertiary/aromatic N) is 2. The lowest BCUT2D eigenvalue weighted by Gasteiger charge is -2.01. The highest BCUT2D eigenvalue weighted by Crippen LogP contribution is 2.25. The number of thiophene rings is 1. The van der Waals surface area contributed by atoms with Gasteiger partial charge in [-0.25, -0.2) is 18.1 Å². The van der Waals surface area contributed by atoms with Crippen molar-refractivity contribution in [2.75, 3.05) is 7.05 Å². The standard InChI is InChI=1S/C10H15N5O2S2/c1-7-3-10(18-8(7)4-11-2)19(16,17)14-5-9-12-6-13-15-9/h3,6,11,14H,4-5H2,1-2H3,(H,12,13,15). The van der Waals surface area contributed by atoms with Crippen LogP contribution in [0.15, 0.2) is 16.6 Å². The molecule has 0 aromatic carbocycles. The summed E-state index contributed by atoms with van der Waals surface area (Å²) in [6.45, 7) is 2.66. The lowest BCUT2D eigenvalue weighted by atomic mass is 10.3. The average molecular weight is 301 g/mol. The molecular formula is C10H15N5O2S2. The molecule has 0 fully saturated rings. The van der Waals surface area contributed by atoms with Gasteiger partial charge in [-0.15, -0.1) is 11.3 Å². The number of H-pyrrole nitrogens is 1. The zero-order chi connectivity index (χ0) is 13.9. The molecule has 0 aliphatic heterocycles. The fraction of sp³-hybridized carbons (Fsp3) is 0.400. The van der Waals surface area contributed by atoms with Crippen molar-refractivity contribution < 1.29 is 8.42 Å². The van der Waals surface area contributed by atoms with Crippen molar-refractivity contribution in [3.63, 3.8) is 0 Å². The summed E-state index contributed by atoms with van der Waals surface area (Å²) in [5.41, 5.74) is 0.972. The molecule has 7 nitrogen and oxygen atoms in total. The number of aromatic nitrogens is 3. The van der Waals surface area contributed by atoms with Crippen LogP contribution in [0.2, 0.25) is 0 Å². The average Bonchev–Trinajstić information content (AvgIpc) is 2.98. The molecule has 3 N–H and O–H groups in total. The molecular weight excluding hydrogens is 286 g/mol. The first-order chi connectivity index (χ1) is 9.03. The van der Waals surface area contributed by atoms with E-state index in [2.05, 4.69) is 25.2 Å². The maximum absolute atomic E-state index is 12.1. The number of hydrogen-bond donors (Lipinski definition) is 3. The van der Waals surface area contributed by atoms with Crippen molar-refractivity contribution >= 4 is 21.4 Å². The van der Waals surface area contributed by atoms with Gasteiger partial charge in [-0.3, -0.25) is 5.10 Å². The molecule has 0 unspecified atom stereocenters. The Balaban J connectivity index is 2.12. The second-order valence-electron chi connectivity index (χ2n) is 3.96. The van der Waals surface area contributed by atoms with E-state index in [0.717, 1.165) is 10.4 Å². The zero-order valence-electron chi connectivity index (χ0n) is 10.6. The number of aryl methyl sites for hydroxylation is 1. The van der Waals surface area contributed by atoms with E-state index in [1.165, 1.54) is 17.7 Å². The molecule has 104 valence electrons. The van der Waals surface area contributed by atoms with Crippen LogP contribution in [0.3, 0.4) is 0 Å². The van der Waals surface area contributed by atoms with E-state index < -0.39 is 10.0 Å². The lowest BCUT2D eigenvalue weighted by Crippen LogP contribution is -2.23. The van der Waals surface area contributed by atoms with Gasteiger partial charge in [-0.1, -0.05) is 0 Å². The van der Waals surface area contributed by atoms with Crippen LogP contribution in [0.25, 0.3) is 0 Å². The van der Waals surface area contributed by atoms with Crippen LogP contribution in [0.5, 0.6) is 0 Å². The number of sulfonamides is 1. The van der Waals surface area contributed by atoms with Gasteiger partial charge in [0.1, 0.15) is 16.4 Å². The summed E-state index contributed by atoms with van der Waals surface area (Å²) in [7, 11) is -1.67. The third-order valence-corrected chi connectivity index (χ3v) is 5.61. The Labute approximate surface area is 115 Å². The van der Waals surface area contributed by atoms with Crippen molar-refractivity contribution in [2.45, 2.75) is 24.2 Å². The first kappa shape index (κ1) is 14.1. The van der Waals surface area contributed by atoms with Crippen LogP contribution in [0.1, 0.15) is 16.3 Å². The summed E-state index contributed by atoms with van der Waals surface area (Å²) in [5, 5.41) is 9.28. The van der Waals surface area contributed by atoms with E-state index >= 15 is 0 Å². The Morgan fingerprint density at radius 1 is 1.42 bits per heavy atom. The molecule has 0 saturated carbocycles. The minimum absolute atomic E-state index is 0.0979. The van der Waals surface area contributed by atoms with Crippen molar-refractivity contribution in [1.29, 1.82) is 0 Å². The highest BCUT2D eigenvalue weighted by Gasteiger charge is 2.18. The molecule has 0 radical (unpaired) electrons. The van der Waals surface area contributed by atoms with E-state index in [9.17, 15) is 8.42 Å². The molecule has 0 saturated heterocycles. The van der Waals surface area contributed by atoms with Crippen LogP contribution in [0.4, 0.5) is 0 Å². The van der Waals surface area contributed by atoms with E-state index in [1.54, 1.807) is 6.07 Å².